The smallest absolute Gasteiger partial charge is 0.283 e. The number of anilines is 2. The maximum Gasteiger partial charge on any atom is 0.283 e. The standard InChI is InChI=1S/C20H21FN4O4S/c21-14-5-6-16(24-8-2-1-3-9-24)15(11-14)23-19(26)12-30-18-7-4-13(20(22)27)10-17(18)25(28)29/h4-7,10-11H,1-3,8-9,12H2,(H2,22,27)(H,23,26). The average Bonchev–Trinajstić information content (AvgIpc) is 2.72. The Bertz CT molecular complexity index is 979. The topological polar surface area (TPSA) is 119 Å². The van der Waals surface area contributed by atoms with Gasteiger partial charge < -0.3 is 16.0 Å². The van der Waals surface area contributed by atoms with Crippen LogP contribution in [-0.4, -0.2) is 35.6 Å². The zero-order valence-corrected chi connectivity index (χ0v) is 16.9. The van der Waals surface area contributed by atoms with Crippen LogP contribution in [0.5, 0.6) is 0 Å². The van der Waals surface area contributed by atoms with Crippen LogP contribution in [0.15, 0.2) is 41.3 Å². The molecule has 0 unspecified atom stereocenters. The third-order valence-corrected chi connectivity index (χ3v) is 5.79. The van der Waals surface area contributed by atoms with Crippen LogP contribution in [0, 0.1) is 15.9 Å². The summed E-state index contributed by atoms with van der Waals surface area (Å²) in [5, 5.41) is 14.0. The number of benzene rings is 2. The highest BCUT2D eigenvalue weighted by Crippen LogP contribution is 2.32. The normalized spacial score (nSPS) is 13.7. The van der Waals surface area contributed by atoms with E-state index in [2.05, 4.69) is 10.2 Å². The third kappa shape index (κ3) is 5.26. The Morgan fingerprint density at radius 3 is 2.57 bits per heavy atom. The number of hydrogen-bond donors (Lipinski definition) is 2. The summed E-state index contributed by atoms with van der Waals surface area (Å²) < 4.78 is 13.8. The van der Waals surface area contributed by atoms with E-state index in [-0.39, 0.29) is 21.9 Å². The number of rotatable bonds is 7. The van der Waals surface area contributed by atoms with Crippen LogP contribution in [0.1, 0.15) is 29.6 Å². The summed E-state index contributed by atoms with van der Waals surface area (Å²) in [7, 11) is 0. The van der Waals surface area contributed by atoms with E-state index < -0.39 is 22.6 Å². The van der Waals surface area contributed by atoms with Gasteiger partial charge in [0.05, 0.1) is 26.9 Å². The molecule has 2 amide bonds. The molecule has 0 aliphatic carbocycles. The highest BCUT2D eigenvalue weighted by molar-refractivity contribution is 8.00. The van der Waals surface area contributed by atoms with Crippen molar-refractivity contribution in [2.45, 2.75) is 24.2 Å². The summed E-state index contributed by atoms with van der Waals surface area (Å²) in [5.41, 5.74) is 6.01. The zero-order valence-electron chi connectivity index (χ0n) is 16.1. The van der Waals surface area contributed by atoms with Crippen molar-refractivity contribution < 1.29 is 18.9 Å². The number of halogens is 1. The van der Waals surface area contributed by atoms with Crippen molar-refractivity contribution in [3.63, 3.8) is 0 Å². The summed E-state index contributed by atoms with van der Waals surface area (Å²) >= 11 is 0.956. The largest absolute Gasteiger partial charge is 0.370 e. The Hall–Kier alpha value is -3.14. The molecular formula is C20H21FN4O4S. The van der Waals surface area contributed by atoms with Crippen LogP contribution >= 0.6 is 11.8 Å². The first kappa shape index (κ1) is 21.6. The molecule has 158 valence electrons. The maximum atomic E-state index is 13.8. The lowest BCUT2D eigenvalue weighted by molar-refractivity contribution is -0.387. The van der Waals surface area contributed by atoms with Gasteiger partial charge in [-0.15, -0.1) is 11.8 Å². The summed E-state index contributed by atoms with van der Waals surface area (Å²) in [4.78, 5) is 36.7. The lowest BCUT2D eigenvalue weighted by atomic mass is 10.1. The SMILES string of the molecule is NC(=O)c1ccc(SCC(=O)Nc2cc(F)ccc2N2CCCCC2)c([N+](=O)[O-])c1. The fraction of sp³-hybridized carbons (Fsp3) is 0.300. The number of hydrogen-bond acceptors (Lipinski definition) is 6. The van der Waals surface area contributed by atoms with Crippen LogP contribution in [0.25, 0.3) is 0 Å². The van der Waals surface area contributed by atoms with E-state index in [9.17, 15) is 24.1 Å². The van der Waals surface area contributed by atoms with Gasteiger partial charge >= 0.3 is 0 Å². The monoisotopic (exact) mass is 432 g/mol. The minimum atomic E-state index is -0.774. The minimum Gasteiger partial charge on any atom is -0.370 e. The first-order valence-electron chi connectivity index (χ1n) is 9.40. The molecule has 0 saturated carbocycles. The van der Waals surface area contributed by atoms with E-state index in [0.29, 0.717) is 5.69 Å². The Labute approximate surface area is 176 Å². The van der Waals surface area contributed by atoms with E-state index in [1.807, 2.05) is 0 Å². The van der Waals surface area contributed by atoms with Gasteiger partial charge in [-0.3, -0.25) is 19.7 Å². The van der Waals surface area contributed by atoms with Crippen LogP contribution in [0.2, 0.25) is 0 Å². The summed E-state index contributed by atoms with van der Waals surface area (Å²) in [5.74, 6) is -1.77. The molecule has 10 heteroatoms. The highest BCUT2D eigenvalue weighted by atomic mass is 32.2. The summed E-state index contributed by atoms with van der Waals surface area (Å²) in [6.45, 7) is 1.67. The lowest BCUT2D eigenvalue weighted by Gasteiger charge is -2.30. The molecule has 1 saturated heterocycles. The first-order chi connectivity index (χ1) is 14.3. The van der Waals surface area contributed by atoms with Gasteiger partial charge in [-0.2, -0.15) is 0 Å². The van der Waals surface area contributed by atoms with Gasteiger partial charge in [0.15, 0.2) is 0 Å². The Kier molecular flexibility index (Phi) is 6.88. The fourth-order valence-corrected chi connectivity index (χ4v) is 4.09. The van der Waals surface area contributed by atoms with Crippen molar-refractivity contribution in [1.29, 1.82) is 0 Å². The summed E-state index contributed by atoms with van der Waals surface area (Å²) in [6, 6.07) is 8.13. The molecule has 0 atom stereocenters. The quantitative estimate of drug-likeness (QED) is 0.392. The Morgan fingerprint density at radius 1 is 1.17 bits per heavy atom. The van der Waals surface area contributed by atoms with Gasteiger partial charge in [0.2, 0.25) is 11.8 Å². The molecular weight excluding hydrogens is 411 g/mol. The maximum absolute atomic E-state index is 13.8. The number of nitrogens with two attached hydrogens (primary N) is 1. The molecule has 30 heavy (non-hydrogen) atoms. The number of nitro benzene ring substituents is 1. The molecule has 2 aromatic rings. The minimum absolute atomic E-state index is 0.0152. The number of amides is 2. The predicted octanol–water partition coefficient (Wildman–Crippen LogP) is 3.55. The molecule has 0 bridgehead atoms. The third-order valence-electron chi connectivity index (χ3n) is 4.73. The molecule has 2 aromatic carbocycles. The number of carbonyl (C=O) groups is 2. The van der Waals surface area contributed by atoms with Gasteiger partial charge in [0.1, 0.15) is 5.82 Å². The number of carbonyl (C=O) groups excluding carboxylic acids is 2. The molecule has 1 heterocycles. The number of nitrogens with one attached hydrogen (secondary N) is 1. The number of piperidine rings is 1. The summed E-state index contributed by atoms with van der Waals surface area (Å²) in [6.07, 6.45) is 3.21. The number of nitrogens with zero attached hydrogens (tertiary/aromatic N) is 2. The van der Waals surface area contributed by atoms with Gasteiger partial charge in [-0.25, -0.2) is 4.39 Å². The molecule has 0 spiro atoms. The van der Waals surface area contributed by atoms with E-state index in [4.69, 9.17) is 5.73 Å². The second-order valence-corrected chi connectivity index (χ2v) is 7.87. The number of thioether (sulfide) groups is 1. The molecule has 1 aliphatic rings. The van der Waals surface area contributed by atoms with Crippen molar-refractivity contribution in [2.24, 2.45) is 5.73 Å². The van der Waals surface area contributed by atoms with Gasteiger partial charge in [-0.1, -0.05) is 0 Å². The molecule has 8 nitrogen and oxygen atoms in total. The molecule has 0 radical (unpaired) electrons. The van der Waals surface area contributed by atoms with Gasteiger partial charge in [-0.05, 0) is 49.6 Å². The van der Waals surface area contributed by atoms with Crippen molar-refractivity contribution >= 4 is 40.6 Å². The van der Waals surface area contributed by atoms with E-state index in [1.165, 1.54) is 24.3 Å². The van der Waals surface area contributed by atoms with Crippen molar-refractivity contribution in [2.75, 3.05) is 29.1 Å². The molecule has 3 rings (SSSR count). The van der Waals surface area contributed by atoms with Crippen LogP contribution in [0.3, 0.4) is 0 Å². The Balaban J connectivity index is 1.72. The van der Waals surface area contributed by atoms with Crippen LogP contribution in [-0.2, 0) is 4.79 Å². The van der Waals surface area contributed by atoms with Gasteiger partial charge in [0.25, 0.3) is 5.69 Å². The van der Waals surface area contributed by atoms with Crippen LogP contribution in [0.4, 0.5) is 21.5 Å². The van der Waals surface area contributed by atoms with Crippen molar-refractivity contribution in [3.05, 3.63) is 57.9 Å². The highest BCUT2D eigenvalue weighted by Gasteiger charge is 2.20. The predicted molar refractivity (Wildman–Crippen MR) is 113 cm³/mol. The molecule has 1 fully saturated rings. The van der Waals surface area contributed by atoms with Gasteiger partial charge in [0, 0.05) is 24.7 Å². The number of nitro groups is 1. The average molecular weight is 432 g/mol. The van der Waals surface area contributed by atoms with E-state index in [0.717, 1.165) is 55.9 Å². The molecule has 3 N–H and O–H groups in total. The van der Waals surface area contributed by atoms with Crippen LogP contribution < -0.4 is 16.0 Å². The second kappa shape index (κ2) is 9.57. The van der Waals surface area contributed by atoms with Crippen molar-refractivity contribution in [1.82, 2.24) is 0 Å². The van der Waals surface area contributed by atoms with E-state index >= 15 is 0 Å². The molecule has 1 aliphatic heterocycles. The first-order valence-corrected chi connectivity index (χ1v) is 10.4. The second-order valence-electron chi connectivity index (χ2n) is 6.85. The zero-order chi connectivity index (χ0) is 21.7. The fourth-order valence-electron chi connectivity index (χ4n) is 3.28. The Morgan fingerprint density at radius 2 is 1.90 bits per heavy atom. The number of primary amides is 1. The lowest BCUT2D eigenvalue weighted by Crippen LogP contribution is -2.30. The molecule has 0 aromatic heterocycles. The van der Waals surface area contributed by atoms with Crippen molar-refractivity contribution in [3.8, 4) is 0 Å². The van der Waals surface area contributed by atoms with E-state index in [1.54, 1.807) is 6.07 Å².